The summed E-state index contributed by atoms with van der Waals surface area (Å²) in [5.74, 6) is 0.727. The van der Waals surface area contributed by atoms with Crippen molar-refractivity contribution in [3.05, 3.63) is 23.2 Å². The number of aliphatic hydroxyl groups excluding tert-OH is 1. The zero-order valence-electron chi connectivity index (χ0n) is 9.93. The lowest BCUT2D eigenvalue weighted by molar-refractivity contribution is 0.214. The fourth-order valence-electron chi connectivity index (χ4n) is 2.61. The van der Waals surface area contributed by atoms with Crippen LogP contribution in [0.2, 0.25) is 0 Å². The van der Waals surface area contributed by atoms with E-state index in [1.807, 2.05) is 16.8 Å². The normalized spacial score (nSPS) is 18.3. The van der Waals surface area contributed by atoms with E-state index < -0.39 is 0 Å². The Morgan fingerprint density at radius 3 is 2.94 bits per heavy atom. The maximum absolute atomic E-state index is 9.64. The molecule has 2 aromatic rings. The van der Waals surface area contributed by atoms with Gasteiger partial charge >= 0.3 is 0 Å². The molecule has 3 rings (SSSR count). The monoisotopic (exact) mass is 310 g/mol. The van der Waals surface area contributed by atoms with E-state index in [9.17, 15) is 5.11 Å². The van der Waals surface area contributed by atoms with Crippen LogP contribution in [0.5, 0.6) is 0 Å². The third kappa shape index (κ3) is 1.99. The topological polar surface area (TPSA) is 62.5 Å². The van der Waals surface area contributed by atoms with E-state index in [1.165, 1.54) is 0 Å². The highest BCUT2D eigenvalue weighted by Gasteiger charge is 2.34. The van der Waals surface area contributed by atoms with Crippen LogP contribution in [0.1, 0.15) is 25.7 Å². The van der Waals surface area contributed by atoms with Crippen molar-refractivity contribution in [2.75, 3.05) is 11.9 Å². The summed E-state index contributed by atoms with van der Waals surface area (Å²) in [4.78, 5) is 8.74. The van der Waals surface area contributed by atoms with E-state index in [0.717, 1.165) is 41.8 Å². The number of halogens is 1. The van der Waals surface area contributed by atoms with Gasteiger partial charge < -0.3 is 14.8 Å². The van der Waals surface area contributed by atoms with Crippen molar-refractivity contribution in [3.8, 4) is 0 Å². The minimum absolute atomic E-state index is 0.133. The molecule has 1 saturated carbocycles. The summed E-state index contributed by atoms with van der Waals surface area (Å²) in [6.45, 7) is 0.133. The number of aromatic nitrogens is 3. The van der Waals surface area contributed by atoms with Crippen molar-refractivity contribution in [3.63, 3.8) is 0 Å². The van der Waals surface area contributed by atoms with Crippen LogP contribution >= 0.6 is 15.9 Å². The van der Waals surface area contributed by atoms with Gasteiger partial charge in [0.2, 0.25) is 0 Å². The van der Waals surface area contributed by atoms with Crippen molar-refractivity contribution < 1.29 is 5.11 Å². The van der Waals surface area contributed by atoms with E-state index in [0.29, 0.717) is 0 Å². The van der Waals surface area contributed by atoms with Gasteiger partial charge in [0.1, 0.15) is 4.60 Å². The van der Waals surface area contributed by atoms with E-state index in [-0.39, 0.29) is 12.1 Å². The number of rotatable bonds is 3. The highest BCUT2D eigenvalue weighted by molar-refractivity contribution is 9.10. The lowest BCUT2D eigenvalue weighted by Crippen LogP contribution is -2.39. The fraction of sp³-hybridized carbons (Fsp3) is 0.500. The van der Waals surface area contributed by atoms with Gasteiger partial charge in [0.15, 0.2) is 11.5 Å². The molecule has 2 heterocycles. The standard InChI is InChI=1S/C12H15BrN4O/c13-9-7-17-6-5-14-11(17)10(15-9)16-12(8-18)3-1-2-4-12/h5-7,18H,1-4,8H2,(H,15,16). The summed E-state index contributed by atoms with van der Waals surface area (Å²) in [6.07, 6.45) is 9.74. The lowest BCUT2D eigenvalue weighted by atomic mass is 9.99. The van der Waals surface area contributed by atoms with Gasteiger partial charge in [-0.3, -0.25) is 0 Å². The number of fused-ring (bicyclic) bond motifs is 1. The maximum Gasteiger partial charge on any atom is 0.180 e. The quantitative estimate of drug-likeness (QED) is 0.912. The van der Waals surface area contributed by atoms with E-state index in [1.54, 1.807) is 6.20 Å². The summed E-state index contributed by atoms with van der Waals surface area (Å²) in [5.41, 5.74) is 0.554. The molecule has 1 aliphatic rings. The molecule has 5 nitrogen and oxygen atoms in total. The third-order valence-corrected chi connectivity index (χ3v) is 3.97. The molecule has 1 aliphatic carbocycles. The van der Waals surface area contributed by atoms with Crippen LogP contribution in [0, 0.1) is 0 Å². The minimum Gasteiger partial charge on any atom is -0.394 e. The van der Waals surface area contributed by atoms with Gasteiger partial charge in [0, 0.05) is 18.6 Å². The second kappa shape index (κ2) is 4.51. The van der Waals surface area contributed by atoms with Gasteiger partial charge in [-0.05, 0) is 28.8 Å². The molecule has 2 aromatic heterocycles. The molecule has 0 spiro atoms. The first-order chi connectivity index (χ1) is 8.72. The van der Waals surface area contributed by atoms with Crippen molar-refractivity contribution in [1.29, 1.82) is 0 Å². The predicted molar refractivity (Wildman–Crippen MR) is 72.6 cm³/mol. The van der Waals surface area contributed by atoms with Crippen LogP contribution in [-0.4, -0.2) is 31.6 Å². The molecule has 0 aromatic carbocycles. The molecule has 96 valence electrons. The number of hydrogen-bond donors (Lipinski definition) is 2. The molecule has 1 fully saturated rings. The van der Waals surface area contributed by atoms with Crippen LogP contribution in [0.4, 0.5) is 5.82 Å². The van der Waals surface area contributed by atoms with Crippen LogP contribution in [-0.2, 0) is 0 Å². The first-order valence-electron chi connectivity index (χ1n) is 6.11. The Balaban J connectivity index is 2.01. The van der Waals surface area contributed by atoms with Crippen molar-refractivity contribution in [2.45, 2.75) is 31.2 Å². The fourth-order valence-corrected chi connectivity index (χ4v) is 3.01. The predicted octanol–water partition coefficient (Wildman–Crippen LogP) is 2.21. The van der Waals surface area contributed by atoms with Gasteiger partial charge in [0.25, 0.3) is 0 Å². The molecular weight excluding hydrogens is 296 g/mol. The Morgan fingerprint density at radius 2 is 2.22 bits per heavy atom. The summed E-state index contributed by atoms with van der Waals surface area (Å²) >= 11 is 3.39. The number of aliphatic hydroxyl groups is 1. The molecule has 0 aliphatic heterocycles. The number of nitrogens with zero attached hydrogens (tertiary/aromatic N) is 3. The Morgan fingerprint density at radius 1 is 1.44 bits per heavy atom. The number of nitrogens with one attached hydrogen (secondary N) is 1. The Labute approximate surface area is 113 Å². The molecule has 0 saturated heterocycles. The highest BCUT2D eigenvalue weighted by atomic mass is 79.9. The average Bonchev–Trinajstić information content (AvgIpc) is 2.98. The first-order valence-corrected chi connectivity index (χ1v) is 6.90. The second-order valence-corrected chi connectivity index (χ2v) is 5.65. The van der Waals surface area contributed by atoms with Crippen LogP contribution in [0.15, 0.2) is 23.2 Å². The van der Waals surface area contributed by atoms with Crippen molar-refractivity contribution in [1.82, 2.24) is 14.4 Å². The molecule has 2 N–H and O–H groups in total. The number of anilines is 1. The van der Waals surface area contributed by atoms with E-state index in [2.05, 4.69) is 31.2 Å². The first kappa shape index (κ1) is 11.9. The van der Waals surface area contributed by atoms with Gasteiger partial charge in [-0.25, -0.2) is 9.97 Å². The Kier molecular flexibility index (Phi) is 2.99. The Bertz CT molecular complexity index is 562. The van der Waals surface area contributed by atoms with Crippen molar-refractivity contribution in [2.24, 2.45) is 0 Å². The van der Waals surface area contributed by atoms with Crippen molar-refractivity contribution >= 4 is 27.4 Å². The average molecular weight is 311 g/mol. The molecule has 0 unspecified atom stereocenters. The SMILES string of the molecule is OCC1(Nc2nc(Br)cn3ccnc23)CCCC1. The molecule has 0 amide bonds. The van der Waals surface area contributed by atoms with Gasteiger partial charge in [-0.2, -0.15) is 0 Å². The van der Waals surface area contributed by atoms with Gasteiger partial charge in [0.05, 0.1) is 12.1 Å². The zero-order valence-corrected chi connectivity index (χ0v) is 11.5. The molecule has 6 heteroatoms. The summed E-state index contributed by atoms with van der Waals surface area (Å²) in [7, 11) is 0. The second-order valence-electron chi connectivity index (χ2n) is 4.84. The Hall–Kier alpha value is -1.14. The minimum atomic E-state index is -0.236. The molecular formula is C12H15BrN4O. The summed E-state index contributed by atoms with van der Waals surface area (Å²) in [5, 5.41) is 13.0. The van der Waals surface area contributed by atoms with E-state index >= 15 is 0 Å². The third-order valence-electron chi connectivity index (χ3n) is 3.59. The van der Waals surface area contributed by atoms with Gasteiger partial charge in [-0.15, -0.1) is 0 Å². The largest absolute Gasteiger partial charge is 0.394 e. The molecule has 0 atom stereocenters. The zero-order chi connectivity index (χ0) is 12.6. The molecule has 18 heavy (non-hydrogen) atoms. The van der Waals surface area contributed by atoms with Gasteiger partial charge in [-0.1, -0.05) is 12.8 Å². The lowest BCUT2D eigenvalue weighted by Gasteiger charge is -2.28. The van der Waals surface area contributed by atoms with Crippen LogP contribution in [0.25, 0.3) is 5.65 Å². The molecule has 0 bridgehead atoms. The smallest absolute Gasteiger partial charge is 0.180 e. The van der Waals surface area contributed by atoms with Crippen LogP contribution in [0.3, 0.4) is 0 Å². The highest BCUT2D eigenvalue weighted by Crippen LogP contribution is 2.33. The number of imidazole rings is 1. The van der Waals surface area contributed by atoms with E-state index in [4.69, 9.17) is 0 Å². The molecule has 0 radical (unpaired) electrons. The van der Waals surface area contributed by atoms with Crippen LogP contribution < -0.4 is 5.32 Å². The maximum atomic E-state index is 9.64. The summed E-state index contributed by atoms with van der Waals surface area (Å²) < 4.78 is 2.67. The summed E-state index contributed by atoms with van der Waals surface area (Å²) in [6, 6.07) is 0. The number of hydrogen-bond acceptors (Lipinski definition) is 4.